The molecule has 6 nitrogen and oxygen atoms in total. The highest BCUT2D eigenvalue weighted by molar-refractivity contribution is 5.71. The smallest absolute Gasteiger partial charge is 0.306 e. The molecule has 406 valence electrons. The number of unbranched alkanes of at least 4 members (excludes halogenated alkanes) is 42. The molecule has 0 aliphatic heterocycles. The number of allylic oxidation sites excluding steroid dienone is 4. The van der Waals surface area contributed by atoms with E-state index in [-0.39, 0.29) is 31.1 Å². The van der Waals surface area contributed by atoms with E-state index in [9.17, 15) is 14.4 Å². The molecule has 0 aromatic carbocycles. The molecule has 0 amide bonds. The molecular weight excluding hydrogens is 853 g/mol. The molecule has 0 saturated carbocycles. The molecule has 0 spiro atoms. The molecule has 6 heteroatoms. The van der Waals surface area contributed by atoms with Crippen molar-refractivity contribution in [2.75, 3.05) is 13.2 Å². The summed E-state index contributed by atoms with van der Waals surface area (Å²) in [7, 11) is 0. The van der Waals surface area contributed by atoms with Crippen LogP contribution in [-0.4, -0.2) is 37.2 Å². The van der Waals surface area contributed by atoms with Gasteiger partial charge in [-0.1, -0.05) is 276 Å². The molecule has 69 heavy (non-hydrogen) atoms. The van der Waals surface area contributed by atoms with Crippen molar-refractivity contribution in [3.63, 3.8) is 0 Å². The third kappa shape index (κ3) is 56.7. The zero-order chi connectivity index (χ0) is 50.0. The fourth-order valence-corrected chi connectivity index (χ4v) is 9.26. The first-order chi connectivity index (χ1) is 34.0. The first-order valence-corrected chi connectivity index (χ1v) is 30.8. The van der Waals surface area contributed by atoms with Gasteiger partial charge in [-0.2, -0.15) is 0 Å². The number of esters is 3. The van der Waals surface area contributed by atoms with E-state index in [0.29, 0.717) is 19.3 Å². The van der Waals surface area contributed by atoms with Crippen LogP contribution in [0.4, 0.5) is 0 Å². The molecule has 0 fully saturated rings. The summed E-state index contributed by atoms with van der Waals surface area (Å²) in [6.07, 6.45) is 68.9. The van der Waals surface area contributed by atoms with Crippen molar-refractivity contribution >= 4 is 17.9 Å². The van der Waals surface area contributed by atoms with E-state index in [4.69, 9.17) is 14.2 Å². The number of ether oxygens (including phenoxy) is 3. The molecule has 0 heterocycles. The highest BCUT2D eigenvalue weighted by Crippen LogP contribution is 2.17. The van der Waals surface area contributed by atoms with Crippen molar-refractivity contribution < 1.29 is 28.6 Å². The van der Waals surface area contributed by atoms with E-state index in [1.165, 1.54) is 238 Å². The van der Waals surface area contributed by atoms with E-state index < -0.39 is 6.10 Å². The molecule has 0 unspecified atom stereocenters. The lowest BCUT2D eigenvalue weighted by Crippen LogP contribution is -2.30. The van der Waals surface area contributed by atoms with Crippen molar-refractivity contribution in [1.29, 1.82) is 0 Å². The number of rotatable bonds is 57. The fourth-order valence-electron chi connectivity index (χ4n) is 9.26. The molecule has 0 aromatic heterocycles. The average Bonchev–Trinajstić information content (AvgIpc) is 3.35. The highest BCUT2D eigenvalue weighted by atomic mass is 16.6. The minimum absolute atomic E-state index is 0.0702. The van der Waals surface area contributed by atoms with Gasteiger partial charge in [0.2, 0.25) is 0 Å². The molecule has 1 atom stereocenters. The Morgan fingerprint density at radius 1 is 0.275 bits per heavy atom. The zero-order valence-corrected chi connectivity index (χ0v) is 46.6. The molecule has 0 aliphatic carbocycles. The van der Waals surface area contributed by atoms with Crippen LogP contribution >= 0.6 is 0 Å². The van der Waals surface area contributed by atoms with Crippen molar-refractivity contribution in [3.05, 3.63) is 24.3 Å². The van der Waals surface area contributed by atoms with E-state index in [0.717, 1.165) is 64.2 Å². The number of carbonyl (C=O) groups is 3. The number of hydrogen-bond acceptors (Lipinski definition) is 6. The van der Waals surface area contributed by atoms with Crippen LogP contribution in [0.15, 0.2) is 24.3 Å². The van der Waals surface area contributed by atoms with Crippen molar-refractivity contribution in [2.45, 2.75) is 348 Å². The zero-order valence-electron chi connectivity index (χ0n) is 46.6. The van der Waals surface area contributed by atoms with Crippen LogP contribution in [0, 0.1) is 0 Å². The maximum Gasteiger partial charge on any atom is 0.306 e. The fraction of sp³-hybridized carbons (Fsp3) is 0.889. The third-order valence-electron chi connectivity index (χ3n) is 13.9. The molecule has 0 saturated heterocycles. The Kier molecular flexibility index (Phi) is 56.7. The Morgan fingerprint density at radius 2 is 0.478 bits per heavy atom. The maximum absolute atomic E-state index is 12.9. The lowest BCUT2D eigenvalue weighted by Gasteiger charge is -2.18. The minimum atomic E-state index is -0.772. The summed E-state index contributed by atoms with van der Waals surface area (Å²) >= 11 is 0. The van der Waals surface area contributed by atoms with Gasteiger partial charge >= 0.3 is 17.9 Å². The van der Waals surface area contributed by atoms with E-state index in [1.807, 2.05) is 0 Å². The molecular formula is C63H118O6. The average molecular weight is 972 g/mol. The summed E-state index contributed by atoms with van der Waals surface area (Å²) in [6.45, 7) is 6.68. The first-order valence-electron chi connectivity index (χ1n) is 30.8. The van der Waals surface area contributed by atoms with Crippen LogP contribution in [0.2, 0.25) is 0 Å². The van der Waals surface area contributed by atoms with Gasteiger partial charge in [-0.05, 0) is 70.6 Å². The maximum atomic E-state index is 12.9. The summed E-state index contributed by atoms with van der Waals surface area (Å²) in [5, 5.41) is 0. The molecule has 0 rings (SSSR count). The largest absolute Gasteiger partial charge is 0.462 e. The SMILES string of the molecule is CCCCCCC/C=C\CCCCCCCC(=O)OC[C@H](COC(=O)CCCCCCCCCCC/C=C\CCCCCCCC)OC(=O)CCCCCCCCCCCCCCCCCCCC. The van der Waals surface area contributed by atoms with Crippen molar-refractivity contribution in [3.8, 4) is 0 Å². The van der Waals surface area contributed by atoms with Gasteiger partial charge in [0, 0.05) is 19.3 Å². The van der Waals surface area contributed by atoms with Crippen molar-refractivity contribution in [2.24, 2.45) is 0 Å². The van der Waals surface area contributed by atoms with Gasteiger partial charge in [-0.3, -0.25) is 14.4 Å². The monoisotopic (exact) mass is 971 g/mol. The second kappa shape index (κ2) is 58.5. The molecule has 0 aromatic rings. The number of hydrogen-bond donors (Lipinski definition) is 0. The van der Waals surface area contributed by atoms with Gasteiger partial charge in [0.25, 0.3) is 0 Å². The minimum Gasteiger partial charge on any atom is -0.462 e. The van der Waals surface area contributed by atoms with Crippen LogP contribution in [0.5, 0.6) is 0 Å². The van der Waals surface area contributed by atoms with E-state index in [2.05, 4.69) is 45.1 Å². The van der Waals surface area contributed by atoms with Crippen LogP contribution in [0.1, 0.15) is 342 Å². The summed E-state index contributed by atoms with van der Waals surface area (Å²) in [4.78, 5) is 38.2. The van der Waals surface area contributed by atoms with Gasteiger partial charge in [0.15, 0.2) is 6.10 Å². The summed E-state index contributed by atoms with van der Waals surface area (Å²) in [5.41, 5.74) is 0. The quantitative estimate of drug-likeness (QED) is 0.0261. The first kappa shape index (κ1) is 66.9. The van der Waals surface area contributed by atoms with Crippen molar-refractivity contribution in [1.82, 2.24) is 0 Å². The second-order valence-electron chi connectivity index (χ2n) is 21.0. The van der Waals surface area contributed by atoms with Gasteiger partial charge in [0.05, 0.1) is 0 Å². The van der Waals surface area contributed by atoms with Crippen LogP contribution in [0.3, 0.4) is 0 Å². The Labute approximate surface area is 430 Å². The van der Waals surface area contributed by atoms with Crippen LogP contribution in [0.25, 0.3) is 0 Å². The summed E-state index contributed by atoms with van der Waals surface area (Å²) in [6, 6.07) is 0. The summed E-state index contributed by atoms with van der Waals surface area (Å²) in [5.74, 6) is -0.857. The topological polar surface area (TPSA) is 78.9 Å². The van der Waals surface area contributed by atoms with Crippen LogP contribution < -0.4 is 0 Å². The highest BCUT2D eigenvalue weighted by Gasteiger charge is 2.19. The Hall–Kier alpha value is -2.11. The normalized spacial score (nSPS) is 12.1. The summed E-state index contributed by atoms with van der Waals surface area (Å²) < 4.78 is 16.9. The Morgan fingerprint density at radius 3 is 0.725 bits per heavy atom. The number of carbonyl (C=O) groups excluding carboxylic acids is 3. The molecule has 0 bridgehead atoms. The molecule has 0 radical (unpaired) electrons. The predicted molar refractivity (Wildman–Crippen MR) is 298 cm³/mol. The standard InChI is InChI=1S/C63H118O6/c1-4-7-10-13-16-19-22-25-28-30-32-34-35-38-41-44-47-50-53-56-62(65)68-59-60(58-67-61(64)55-52-49-46-43-40-37-27-24-21-18-15-12-9-6-3)69-63(66)57-54-51-48-45-42-39-36-33-31-29-26-23-20-17-14-11-8-5-2/h24-25,27-28,60H,4-23,26,29-59H2,1-3H3/b27-24-,28-25-/t60-/m1/s1. The lowest BCUT2D eigenvalue weighted by molar-refractivity contribution is -0.167. The predicted octanol–water partition coefficient (Wildman–Crippen LogP) is 20.7. The van der Waals surface area contributed by atoms with Gasteiger partial charge < -0.3 is 14.2 Å². The van der Waals surface area contributed by atoms with E-state index >= 15 is 0 Å². The third-order valence-corrected chi connectivity index (χ3v) is 13.9. The Bertz CT molecular complexity index is 1110. The van der Waals surface area contributed by atoms with Gasteiger partial charge in [-0.25, -0.2) is 0 Å². The lowest BCUT2D eigenvalue weighted by atomic mass is 10.0. The molecule has 0 aliphatic rings. The second-order valence-corrected chi connectivity index (χ2v) is 21.0. The van der Waals surface area contributed by atoms with Crippen LogP contribution in [-0.2, 0) is 28.6 Å². The van der Waals surface area contributed by atoms with Gasteiger partial charge in [0.1, 0.15) is 13.2 Å². The van der Waals surface area contributed by atoms with E-state index in [1.54, 1.807) is 0 Å². The Balaban J connectivity index is 4.31. The molecule has 0 N–H and O–H groups in total. The van der Waals surface area contributed by atoms with Gasteiger partial charge in [-0.15, -0.1) is 0 Å².